The zero-order valence-electron chi connectivity index (χ0n) is 8.52. The van der Waals surface area contributed by atoms with Crippen LogP contribution in [0, 0.1) is 6.92 Å². The van der Waals surface area contributed by atoms with Gasteiger partial charge in [0.05, 0.1) is 24.2 Å². The van der Waals surface area contributed by atoms with Gasteiger partial charge in [0, 0.05) is 17.8 Å². The fraction of sp³-hybridized carbons (Fsp3) is 0.500. The summed E-state index contributed by atoms with van der Waals surface area (Å²) in [5.41, 5.74) is 2.76. The molecule has 1 fully saturated rings. The minimum atomic E-state index is -0.0564. The van der Waals surface area contributed by atoms with Gasteiger partial charge in [-0.15, -0.1) is 11.3 Å². The standard InChI is InChI=1S/C10H12N2O2S/c1-7-9(15-6-11-7)5-12-3-2-8(13)4-10(12)14/h6H,2-5H2,1H3. The van der Waals surface area contributed by atoms with Crippen LogP contribution >= 0.6 is 11.3 Å². The number of hydrogen-bond acceptors (Lipinski definition) is 4. The molecule has 1 amide bonds. The lowest BCUT2D eigenvalue weighted by Gasteiger charge is -2.25. The summed E-state index contributed by atoms with van der Waals surface area (Å²) in [4.78, 5) is 29.5. The van der Waals surface area contributed by atoms with Crippen molar-refractivity contribution in [2.24, 2.45) is 0 Å². The molecule has 2 rings (SSSR count). The molecule has 0 atom stereocenters. The number of carbonyl (C=O) groups excluding carboxylic acids is 2. The number of likely N-dealkylation sites (tertiary alicyclic amines) is 1. The first-order chi connectivity index (χ1) is 7.16. The number of thiazole rings is 1. The maximum atomic E-state index is 11.5. The molecule has 2 heterocycles. The minimum absolute atomic E-state index is 0.0530. The molecule has 4 nitrogen and oxygen atoms in total. The van der Waals surface area contributed by atoms with E-state index < -0.39 is 0 Å². The van der Waals surface area contributed by atoms with Crippen molar-refractivity contribution >= 4 is 23.0 Å². The topological polar surface area (TPSA) is 50.3 Å². The molecule has 0 unspecified atom stereocenters. The van der Waals surface area contributed by atoms with E-state index in [2.05, 4.69) is 4.98 Å². The van der Waals surface area contributed by atoms with E-state index in [0.29, 0.717) is 19.5 Å². The molecule has 5 heteroatoms. The number of Topliss-reactive ketones (excluding diaryl/α,β-unsaturated/α-hetero) is 1. The van der Waals surface area contributed by atoms with Gasteiger partial charge in [0.15, 0.2) is 0 Å². The van der Waals surface area contributed by atoms with Crippen LogP contribution in [0.15, 0.2) is 5.51 Å². The van der Waals surface area contributed by atoms with Gasteiger partial charge in [-0.1, -0.05) is 0 Å². The van der Waals surface area contributed by atoms with Gasteiger partial charge in [0.1, 0.15) is 5.78 Å². The molecule has 0 bridgehead atoms. The SMILES string of the molecule is Cc1ncsc1CN1CCC(=O)CC1=O. The van der Waals surface area contributed by atoms with Crippen LogP contribution in [0.1, 0.15) is 23.4 Å². The van der Waals surface area contributed by atoms with Gasteiger partial charge in [-0.05, 0) is 6.92 Å². The molecule has 1 aromatic rings. The Morgan fingerprint density at radius 3 is 2.93 bits per heavy atom. The summed E-state index contributed by atoms with van der Waals surface area (Å²) >= 11 is 1.56. The lowest BCUT2D eigenvalue weighted by Crippen LogP contribution is -2.38. The number of aromatic nitrogens is 1. The Labute approximate surface area is 91.9 Å². The summed E-state index contributed by atoms with van der Waals surface area (Å²) < 4.78 is 0. The molecule has 1 saturated heterocycles. The van der Waals surface area contributed by atoms with E-state index in [1.165, 1.54) is 0 Å². The summed E-state index contributed by atoms with van der Waals surface area (Å²) in [6, 6.07) is 0. The number of hydrogen-bond donors (Lipinski definition) is 0. The van der Waals surface area contributed by atoms with Gasteiger partial charge in [-0.25, -0.2) is 4.98 Å². The maximum Gasteiger partial charge on any atom is 0.230 e. The van der Waals surface area contributed by atoms with Gasteiger partial charge in [0.25, 0.3) is 0 Å². The van der Waals surface area contributed by atoms with Crippen molar-refractivity contribution in [1.29, 1.82) is 0 Å². The molecule has 80 valence electrons. The molecule has 0 spiro atoms. The highest BCUT2D eigenvalue weighted by Crippen LogP contribution is 2.17. The zero-order valence-corrected chi connectivity index (χ0v) is 9.34. The Morgan fingerprint density at radius 1 is 1.53 bits per heavy atom. The molecule has 15 heavy (non-hydrogen) atoms. The summed E-state index contributed by atoms with van der Waals surface area (Å²) in [6.07, 6.45) is 0.557. The second kappa shape index (κ2) is 4.10. The van der Waals surface area contributed by atoms with Gasteiger partial charge in [0.2, 0.25) is 5.91 Å². The molecule has 0 aromatic carbocycles. The smallest absolute Gasteiger partial charge is 0.230 e. The van der Waals surface area contributed by atoms with Gasteiger partial charge in [-0.3, -0.25) is 9.59 Å². The van der Waals surface area contributed by atoms with Crippen molar-refractivity contribution in [3.8, 4) is 0 Å². The Balaban J connectivity index is 2.04. The summed E-state index contributed by atoms with van der Waals surface area (Å²) in [6.45, 7) is 3.09. The van der Waals surface area contributed by atoms with E-state index in [9.17, 15) is 9.59 Å². The molecule has 1 aliphatic rings. The predicted octanol–water partition coefficient (Wildman–Crippen LogP) is 1.14. The highest BCUT2D eigenvalue weighted by Gasteiger charge is 2.24. The maximum absolute atomic E-state index is 11.5. The number of amides is 1. The molecular weight excluding hydrogens is 212 g/mol. The lowest BCUT2D eigenvalue weighted by molar-refractivity contribution is -0.139. The first kappa shape index (κ1) is 10.3. The largest absolute Gasteiger partial charge is 0.337 e. The van der Waals surface area contributed by atoms with E-state index in [-0.39, 0.29) is 18.1 Å². The van der Waals surface area contributed by atoms with Crippen LogP contribution in [0.4, 0.5) is 0 Å². The van der Waals surface area contributed by atoms with Gasteiger partial charge < -0.3 is 4.90 Å². The van der Waals surface area contributed by atoms with Crippen LogP contribution < -0.4 is 0 Å². The third-order valence-electron chi connectivity index (χ3n) is 2.54. The molecule has 0 aliphatic carbocycles. The molecular formula is C10H12N2O2S. The van der Waals surface area contributed by atoms with Crippen molar-refractivity contribution in [3.63, 3.8) is 0 Å². The van der Waals surface area contributed by atoms with Gasteiger partial charge in [-0.2, -0.15) is 0 Å². The molecule has 0 saturated carbocycles. The molecule has 0 N–H and O–H groups in total. The van der Waals surface area contributed by atoms with Crippen molar-refractivity contribution in [2.45, 2.75) is 26.3 Å². The number of carbonyl (C=O) groups is 2. The van der Waals surface area contributed by atoms with Crippen LogP contribution in [0.3, 0.4) is 0 Å². The van der Waals surface area contributed by atoms with Crippen molar-refractivity contribution in [2.75, 3.05) is 6.54 Å². The number of nitrogens with zero attached hydrogens (tertiary/aromatic N) is 2. The molecule has 0 radical (unpaired) electrons. The zero-order chi connectivity index (χ0) is 10.8. The molecule has 1 aliphatic heterocycles. The van der Waals surface area contributed by atoms with Crippen molar-refractivity contribution in [1.82, 2.24) is 9.88 Å². The van der Waals surface area contributed by atoms with E-state index in [0.717, 1.165) is 10.6 Å². The van der Waals surface area contributed by atoms with Crippen molar-refractivity contribution in [3.05, 3.63) is 16.1 Å². The monoisotopic (exact) mass is 224 g/mol. The summed E-state index contributed by atoms with van der Waals surface area (Å²) in [5.74, 6) is -0.00340. The Bertz CT molecular complexity index is 400. The molecule has 1 aromatic heterocycles. The third-order valence-corrected chi connectivity index (χ3v) is 3.46. The second-order valence-corrected chi connectivity index (χ2v) is 4.58. The van der Waals surface area contributed by atoms with Crippen LogP contribution in [-0.4, -0.2) is 28.1 Å². The van der Waals surface area contributed by atoms with E-state index >= 15 is 0 Å². The first-order valence-corrected chi connectivity index (χ1v) is 5.73. The summed E-state index contributed by atoms with van der Waals surface area (Å²) in [5, 5.41) is 0. The lowest BCUT2D eigenvalue weighted by atomic mass is 10.1. The predicted molar refractivity (Wildman–Crippen MR) is 56.5 cm³/mol. The average Bonchev–Trinajstić information content (AvgIpc) is 2.57. The number of rotatable bonds is 2. The number of aryl methyl sites for hydroxylation is 1. The number of piperidine rings is 1. The normalized spacial score (nSPS) is 17.3. The Morgan fingerprint density at radius 2 is 2.33 bits per heavy atom. The van der Waals surface area contributed by atoms with E-state index in [1.54, 1.807) is 21.7 Å². The quantitative estimate of drug-likeness (QED) is 0.708. The average molecular weight is 224 g/mol. The second-order valence-electron chi connectivity index (χ2n) is 3.64. The number of ketones is 1. The highest BCUT2D eigenvalue weighted by molar-refractivity contribution is 7.09. The van der Waals surface area contributed by atoms with Crippen molar-refractivity contribution < 1.29 is 9.59 Å². The fourth-order valence-corrected chi connectivity index (χ4v) is 2.36. The van der Waals surface area contributed by atoms with E-state index in [1.807, 2.05) is 6.92 Å². The Hall–Kier alpha value is -1.23. The highest BCUT2D eigenvalue weighted by atomic mass is 32.1. The summed E-state index contributed by atoms with van der Waals surface area (Å²) in [7, 11) is 0. The van der Waals surface area contributed by atoms with Crippen LogP contribution in [-0.2, 0) is 16.1 Å². The Kier molecular flexibility index (Phi) is 2.81. The third kappa shape index (κ3) is 2.23. The first-order valence-electron chi connectivity index (χ1n) is 4.85. The fourth-order valence-electron chi connectivity index (χ4n) is 1.57. The van der Waals surface area contributed by atoms with E-state index in [4.69, 9.17) is 0 Å². The van der Waals surface area contributed by atoms with Crippen LogP contribution in [0.5, 0.6) is 0 Å². The minimum Gasteiger partial charge on any atom is -0.337 e. The van der Waals surface area contributed by atoms with Crippen LogP contribution in [0.25, 0.3) is 0 Å². The van der Waals surface area contributed by atoms with Crippen LogP contribution in [0.2, 0.25) is 0 Å². The van der Waals surface area contributed by atoms with Gasteiger partial charge >= 0.3 is 0 Å².